The Morgan fingerprint density at radius 3 is 2.65 bits per heavy atom. The van der Waals surface area contributed by atoms with Gasteiger partial charge in [0.2, 0.25) is 0 Å². The van der Waals surface area contributed by atoms with Gasteiger partial charge in [-0.15, -0.1) is 0 Å². The fourth-order valence-electron chi connectivity index (χ4n) is 2.36. The molecule has 0 unspecified atom stereocenters. The summed E-state index contributed by atoms with van der Waals surface area (Å²) in [5.74, 6) is 0. The van der Waals surface area contributed by atoms with Crippen molar-refractivity contribution in [1.29, 1.82) is 0 Å². The molecule has 0 aromatic heterocycles. The quantitative estimate of drug-likeness (QED) is 0.922. The highest BCUT2D eigenvalue weighted by Gasteiger charge is 2.10. The van der Waals surface area contributed by atoms with Gasteiger partial charge in [0.25, 0.3) is 0 Å². The molecular formula is C14H21BrN2. The Hall–Kier alpha value is -0.380. The third-order valence-electron chi connectivity index (χ3n) is 3.50. The molecule has 1 aliphatic heterocycles. The van der Waals surface area contributed by atoms with E-state index in [2.05, 4.69) is 52.1 Å². The van der Waals surface area contributed by atoms with Gasteiger partial charge >= 0.3 is 0 Å². The standard InChI is InChI=1S/C14H21BrN2/c1-11-9-13(12(2)14(15)10-11)3-6-17-7-4-16-5-8-17/h9-10,16H,3-8H2,1-2H3. The van der Waals surface area contributed by atoms with Crippen LogP contribution in [0.2, 0.25) is 0 Å². The molecule has 2 nitrogen and oxygen atoms in total. The van der Waals surface area contributed by atoms with Gasteiger partial charge in [0.1, 0.15) is 0 Å². The molecule has 1 N–H and O–H groups in total. The topological polar surface area (TPSA) is 15.3 Å². The molecule has 1 heterocycles. The maximum absolute atomic E-state index is 3.64. The van der Waals surface area contributed by atoms with Gasteiger partial charge in [-0.2, -0.15) is 0 Å². The lowest BCUT2D eigenvalue weighted by Gasteiger charge is -2.27. The van der Waals surface area contributed by atoms with Gasteiger partial charge in [0, 0.05) is 37.2 Å². The third kappa shape index (κ3) is 3.54. The van der Waals surface area contributed by atoms with Gasteiger partial charge in [-0.05, 0) is 43.0 Å². The van der Waals surface area contributed by atoms with Crippen LogP contribution in [0.15, 0.2) is 16.6 Å². The van der Waals surface area contributed by atoms with Crippen molar-refractivity contribution >= 4 is 15.9 Å². The van der Waals surface area contributed by atoms with E-state index in [0.29, 0.717) is 0 Å². The van der Waals surface area contributed by atoms with Gasteiger partial charge < -0.3 is 10.2 Å². The normalized spacial score (nSPS) is 17.4. The van der Waals surface area contributed by atoms with Crippen LogP contribution < -0.4 is 5.32 Å². The number of piperazine rings is 1. The highest BCUT2D eigenvalue weighted by atomic mass is 79.9. The second kappa shape index (κ2) is 5.98. The summed E-state index contributed by atoms with van der Waals surface area (Å²) in [5.41, 5.74) is 4.22. The number of aryl methyl sites for hydroxylation is 1. The van der Waals surface area contributed by atoms with Crippen molar-refractivity contribution in [3.8, 4) is 0 Å². The Bertz CT molecular complexity index is 384. The molecule has 0 atom stereocenters. The number of hydrogen-bond donors (Lipinski definition) is 1. The SMILES string of the molecule is Cc1cc(Br)c(C)c(CCN2CCNCC2)c1. The number of hydrogen-bond acceptors (Lipinski definition) is 2. The Balaban J connectivity index is 1.98. The molecule has 1 aromatic carbocycles. The molecule has 94 valence electrons. The van der Waals surface area contributed by atoms with Crippen LogP contribution in [0.4, 0.5) is 0 Å². The van der Waals surface area contributed by atoms with Crippen LogP contribution in [-0.4, -0.2) is 37.6 Å². The Kier molecular flexibility index (Phi) is 4.60. The van der Waals surface area contributed by atoms with Gasteiger partial charge in [-0.25, -0.2) is 0 Å². The van der Waals surface area contributed by atoms with Crippen molar-refractivity contribution in [2.24, 2.45) is 0 Å². The molecule has 0 radical (unpaired) electrons. The maximum Gasteiger partial charge on any atom is 0.0209 e. The Morgan fingerprint density at radius 2 is 1.94 bits per heavy atom. The lowest BCUT2D eigenvalue weighted by Crippen LogP contribution is -2.44. The predicted octanol–water partition coefficient (Wildman–Crippen LogP) is 2.51. The van der Waals surface area contributed by atoms with Crippen LogP contribution in [0.1, 0.15) is 16.7 Å². The highest BCUT2D eigenvalue weighted by Crippen LogP contribution is 2.22. The minimum absolute atomic E-state index is 1.14. The van der Waals surface area contributed by atoms with Crippen LogP contribution in [0.3, 0.4) is 0 Å². The van der Waals surface area contributed by atoms with Crippen LogP contribution in [-0.2, 0) is 6.42 Å². The first-order valence-electron chi connectivity index (χ1n) is 6.35. The summed E-state index contributed by atoms with van der Waals surface area (Å²) < 4.78 is 1.24. The van der Waals surface area contributed by atoms with E-state index in [1.807, 2.05) is 0 Å². The van der Waals surface area contributed by atoms with E-state index < -0.39 is 0 Å². The second-order valence-electron chi connectivity index (χ2n) is 4.87. The number of nitrogens with zero attached hydrogens (tertiary/aromatic N) is 1. The van der Waals surface area contributed by atoms with E-state index in [9.17, 15) is 0 Å². The highest BCUT2D eigenvalue weighted by molar-refractivity contribution is 9.10. The molecule has 1 aliphatic rings. The van der Waals surface area contributed by atoms with Crippen molar-refractivity contribution in [3.05, 3.63) is 33.3 Å². The fraction of sp³-hybridized carbons (Fsp3) is 0.571. The molecule has 17 heavy (non-hydrogen) atoms. The molecule has 1 fully saturated rings. The molecule has 0 saturated carbocycles. The van der Waals surface area contributed by atoms with E-state index in [1.165, 1.54) is 40.8 Å². The molecular weight excluding hydrogens is 276 g/mol. The zero-order valence-electron chi connectivity index (χ0n) is 10.7. The van der Waals surface area contributed by atoms with Crippen molar-refractivity contribution in [1.82, 2.24) is 10.2 Å². The summed E-state index contributed by atoms with van der Waals surface area (Å²) in [6, 6.07) is 4.52. The number of rotatable bonds is 3. The summed E-state index contributed by atoms with van der Waals surface area (Å²) in [6.45, 7) is 10.2. The van der Waals surface area contributed by atoms with Crippen LogP contribution >= 0.6 is 15.9 Å². The smallest absolute Gasteiger partial charge is 0.0209 e. The minimum atomic E-state index is 1.14. The van der Waals surface area contributed by atoms with Crippen molar-refractivity contribution < 1.29 is 0 Å². The second-order valence-corrected chi connectivity index (χ2v) is 5.73. The molecule has 0 amide bonds. The molecule has 0 bridgehead atoms. The summed E-state index contributed by atoms with van der Waals surface area (Å²) in [6.07, 6.45) is 1.16. The first-order valence-corrected chi connectivity index (χ1v) is 7.15. The zero-order chi connectivity index (χ0) is 12.3. The summed E-state index contributed by atoms with van der Waals surface area (Å²) in [5, 5.41) is 3.39. The number of nitrogens with one attached hydrogen (secondary N) is 1. The number of benzene rings is 1. The molecule has 2 rings (SSSR count). The van der Waals surface area contributed by atoms with Gasteiger partial charge in [0.05, 0.1) is 0 Å². The van der Waals surface area contributed by atoms with Crippen molar-refractivity contribution in [2.75, 3.05) is 32.7 Å². The molecule has 0 spiro atoms. The van der Waals surface area contributed by atoms with E-state index >= 15 is 0 Å². The van der Waals surface area contributed by atoms with Crippen LogP contribution in [0.25, 0.3) is 0 Å². The molecule has 1 aromatic rings. The summed E-state index contributed by atoms with van der Waals surface area (Å²) >= 11 is 3.64. The number of halogens is 1. The zero-order valence-corrected chi connectivity index (χ0v) is 12.3. The monoisotopic (exact) mass is 296 g/mol. The van der Waals surface area contributed by atoms with E-state index in [0.717, 1.165) is 19.5 Å². The van der Waals surface area contributed by atoms with Crippen LogP contribution in [0, 0.1) is 13.8 Å². The fourth-order valence-corrected chi connectivity index (χ4v) is 2.97. The van der Waals surface area contributed by atoms with Crippen molar-refractivity contribution in [2.45, 2.75) is 20.3 Å². The predicted molar refractivity (Wildman–Crippen MR) is 76.6 cm³/mol. The maximum atomic E-state index is 3.64. The van der Waals surface area contributed by atoms with Crippen molar-refractivity contribution in [3.63, 3.8) is 0 Å². The molecule has 3 heteroatoms. The van der Waals surface area contributed by atoms with Gasteiger partial charge in [-0.1, -0.05) is 22.0 Å². The first-order chi connectivity index (χ1) is 8.16. The third-order valence-corrected chi connectivity index (χ3v) is 4.33. The molecule has 1 saturated heterocycles. The van der Waals surface area contributed by atoms with E-state index in [4.69, 9.17) is 0 Å². The Morgan fingerprint density at radius 1 is 1.24 bits per heavy atom. The van der Waals surface area contributed by atoms with Gasteiger partial charge in [-0.3, -0.25) is 0 Å². The van der Waals surface area contributed by atoms with Gasteiger partial charge in [0.15, 0.2) is 0 Å². The largest absolute Gasteiger partial charge is 0.314 e. The first kappa shape index (κ1) is 13.1. The molecule has 0 aliphatic carbocycles. The average Bonchev–Trinajstić information content (AvgIpc) is 2.33. The summed E-state index contributed by atoms with van der Waals surface area (Å²) in [4.78, 5) is 2.55. The lowest BCUT2D eigenvalue weighted by molar-refractivity contribution is 0.244. The minimum Gasteiger partial charge on any atom is -0.314 e. The average molecular weight is 297 g/mol. The van der Waals surface area contributed by atoms with E-state index in [1.54, 1.807) is 0 Å². The van der Waals surface area contributed by atoms with Crippen LogP contribution in [0.5, 0.6) is 0 Å². The lowest BCUT2D eigenvalue weighted by atomic mass is 10.0. The summed E-state index contributed by atoms with van der Waals surface area (Å²) in [7, 11) is 0. The van der Waals surface area contributed by atoms with E-state index in [-0.39, 0.29) is 0 Å². The Labute approximate surface area is 113 Å².